The van der Waals surface area contributed by atoms with E-state index >= 15 is 0 Å². The zero-order valence-electron chi connectivity index (χ0n) is 9.98. The molecule has 0 saturated carbocycles. The van der Waals surface area contributed by atoms with Gasteiger partial charge in [0.2, 0.25) is 0 Å². The smallest absolute Gasteiger partial charge is 0.187 e. The number of hydrogen-bond acceptors (Lipinski definition) is 3. The summed E-state index contributed by atoms with van der Waals surface area (Å²) in [5, 5.41) is -0.531. The maximum absolute atomic E-state index is 13.6. The van der Waals surface area contributed by atoms with Crippen LogP contribution in [0.3, 0.4) is 0 Å². The molecule has 17 heavy (non-hydrogen) atoms. The zero-order chi connectivity index (χ0) is 13.3. The van der Waals surface area contributed by atoms with E-state index in [2.05, 4.69) is 0 Å². The second-order valence-electron chi connectivity index (χ2n) is 4.31. The Bertz CT molecular complexity index is 501. The highest BCUT2D eigenvalue weighted by Crippen LogP contribution is 2.25. The fourth-order valence-electron chi connectivity index (χ4n) is 1.31. The third-order valence-electron chi connectivity index (χ3n) is 2.59. The average molecular weight is 258 g/mol. The lowest BCUT2D eigenvalue weighted by atomic mass is 10.0. The number of sulfone groups is 1. The van der Waals surface area contributed by atoms with E-state index in [4.69, 9.17) is 0 Å². The molecule has 1 rings (SSSR count). The SMILES string of the molecule is CC(C)S(=O)(=O)c1ccc(C(C)(F)C=O)cc1. The molecule has 1 unspecified atom stereocenters. The lowest BCUT2D eigenvalue weighted by Crippen LogP contribution is -2.18. The third-order valence-corrected chi connectivity index (χ3v) is 4.76. The summed E-state index contributed by atoms with van der Waals surface area (Å²) in [4.78, 5) is 10.7. The molecular weight excluding hydrogens is 243 g/mol. The van der Waals surface area contributed by atoms with E-state index in [1.807, 2.05) is 0 Å². The summed E-state index contributed by atoms with van der Waals surface area (Å²) >= 11 is 0. The minimum atomic E-state index is -3.36. The first-order valence-corrected chi connectivity index (χ1v) is 6.76. The Morgan fingerprint density at radius 2 is 1.71 bits per heavy atom. The van der Waals surface area contributed by atoms with Gasteiger partial charge in [0.1, 0.15) is 0 Å². The van der Waals surface area contributed by atoms with Crippen molar-refractivity contribution >= 4 is 16.1 Å². The van der Waals surface area contributed by atoms with Gasteiger partial charge in [-0.3, -0.25) is 4.79 Å². The maximum atomic E-state index is 13.6. The lowest BCUT2D eigenvalue weighted by molar-refractivity contribution is -0.117. The molecule has 0 radical (unpaired) electrons. The molecule has 0 aromatic heterocycles. The molecule has 94 valence electrons. The summed E-state index contributed by atoms with van der Waals surface area (Å²) in [5.74, 6) is 0. The van der Waals surface area contributed by atoms with Crippen LogP contribution in [0.25, 0.3) is 0 Å². The number of benzene rings is 1. The van der Waals surface area contributed by atoms with Crippen molar-refractivity contribution in [1.29, 1.82) is 0 Å². The van der Waals surface area contributed by atoms with Crippen molar-refractivity contribution in [3.63, 3.8) is 0 Å². The van der Waals surface area contributed by atoms with Gasteiger partial charge in [0.15, 0.2) is 21.8 Å². The summed E-state index contributed by atoms with van der Waals surface area (Å²) in [6.45, 7) is 4.29. The molecule has 1 aromatic carbocycles. The van der Waals surface area contributed by atoms with Gasteiger partial charge >= 0.3 is 0 Å². The predicted molar refractivity (Wildman–Crippen MR) is 63.3 cm³/mol. The first kappa shape index (κ1) is 13.8. The van der Waals surface area contributed by atoms with Crippen molar-refractivity contribution in [1.82, 2.24) is 0 Å². The number of aldehydes is 1. The Balaban J connectivity index is 3.18. The van der Waals surface area contributed by atoms with Crippen LogP contribution in [-0.4, -0.2) is 20.0 Å². The summed E-state index contributed by atoms with van der Waals surface area (Å²) < 4.78 is 37.2. The van der Waals surface area contributed by atoms with Crippen molar-refractivity contribution < 1.29 is 17.6 Å². The van der Waals surface area contributed by atoms with Gasteiger partial charge in [0.05, 0.1) is 10.1 Å². The maximum Gasteiger partial charge on any atom is 0.187 e. The van der Waals surface area contributed by atoms with E-state index in [-0.39, 0.29) is 16.7 Å². The minimum absolute atomic E-state index is 0.137. The highest BCUT2D eigenvalue weighted by Gasteiger charge is 2.26. The number of carbonyl (C=O) groups is 1. The molecule has 0 heterocycles. The molecule has 0 bridgehead atoms. The Morgan fingerprint density at radius 1 is 1.24 bits per heavy atom. The van der Waals surface area contributed by atoms with Crippen molar-refractivity contribution in [3.05, 3.63) is 29.8 Å². The summed E-state index contributed by atoms with van der Waals surface area (Å²) in [6, 6.07) is 5.30. The van der Waals surface area contributed by atoms with Crippen molar-refractivity contribution in [2.45, 2.75) is 36.6 Å². The normalized spacial score (nSPS) is 15.6. The molecule has 0 aliphatic heterocycles. The van der Waals surface area contributed by atoms with Gasteiger partial charge < -0.3 is 0 Å². The molecule has 1 atom stereocenters. The van der Waals surface area contributed by atoms with Crippen LogP contribution >= 0.6 is 0 Å². The van der Waals surface area contributed by atoms with Gasteiger partial charge in [-0.25, -0.2) is 12.8 Å². The standard InChI is InChI=1S/C12H15FO3S/c1-9(2)17(15,16)11-6-4-10(5-7-11)12(3,13)8-14/h4-9H,1-3H3. The average Bonchev–Trinajstić information content (AvgIpc) is 2.29. The number of halogens is 1. The Morgan fingerprint density at radius 3 is 2.06 bits per heavy atom. The topological polar surface area (TPSA) is 51.2 Å². The van der Waals surface area contributed by atoms with Crippen molar-refractivity contribution in [2.24, 2.45) is 0 Å². The fourth-order valence-corrected chi connectivity index (χ4v) is 2.37. The first-order valence-electron chi connectivity index (χ1n) is 5.21. The van der Waals surface area contributed by atoms with Crippen LogP contribution in [-0.2, 0) is 20.3 Å². The molecule has 0 N–H and O–H groups in total. The van der Waals surface area contributed by atoms with Gasteiger partial charge in [-0.05, 0) is 38.5 Å². The first-order chi connectivity index (χ1) is 7.71. The quantitative estimate of drug-likeness (QED) is 0.778. The molecule has 0 aliphatic carbocycles. The zero-order valence-corrected chi connectivity index (χ0v) is 10.8. The summed E-state index contributed by atoms with van der Waals surface area (Å²) in [5.41, 5.74) is -1.93. The number of rotatable bonds is 4. The third kappa shape index (κ3) is 2.72. The van der Waals surface area contributed by atoms with E-state index < -0.39 is 20.8 Å². The Hall–Kier alpha value is -1.23. The van der Waals surface area contributed by atoms with E-state index in [1.54, 1.807) is 13.8 Å². The predicted octanol–water partition coefficient (Wildman–Crippen LogP) is 2.25. The molecule has 0 spiro atoms. The monoisotopic (exact) mass is 258 g/mol. The number of carbonyl (C=O) groups excluding carboxylic acids is 1. The minimum Gasteiger partial charge on any atom is -0.299 e. The number of alkyl halides is 1. The van der Waals surface area contributed by atoms with E-state index in [9.17, 15) is 17.6 Å². The molecular formula is C12H15FO3S. The van der Waals surface area contributed by atoms with Crippen molar-refractivity contribution in [3.8, 4) is 0 Å². The molecule has 0 fully saturated rings. The molecule has 0 aliphatic rings. The molecule has 0 amide bonds. The fraction of sp³-hybridized carbons (Fsp3) is 0.417. The molecule has 5 heteroatoms. The van der Waals surface area contributed by atoms with Gasteiger partial charge in [-0.15, -0.1) is 0 Å². The molecule has 0 saturated heterocycles. The molecule has 1 aromatic rings. The van der Waals surface area contributed by atoms with E-state index in [1.165, 1.54) is 24.3 Å². The van der Waals surface area contributed by atoms with Crippen LogP contribution < -0.4 is 0 Å². The van der Waals surface area contributed by atoms with Gasteiger partial charge in [0, 0.05) is 0 Å². The second-order valence-corrected chi connectivity index (χ2v) is 6.82. The van der Waals surface area contributed by atoms with E-state index in [0.29, 0.717) is 0 Å². The Labute approximate surface area is 101 Å². The van der Waals surface area contributed by atoms with Gasteiger partial charge in [0.25, 0.3) is 0 Å². The lowest BCUT2D eigenvalue weighted by Gasteiger charge is -2.14. The number of hydrogen-bond donors (Lipinski definition) is 0. The van der Waals surface area contributed by atoms with Crippen LogP contribution in [0.5, 0.6) is 0 Å². The van der Waals surface area contributed by atoms with Crippen molar-refractivity contribution in [2.75, 3.05) is 0 Å². The summed E-state index contributed by atoms with van der Waals surface area (Å²) in [6.07, 6.45) is 0.193. The highest BCUT2D eigenvalue weighted by atomic mass is 32.2. The Kier molecular flexibility index (Phi) is 3.71. The van der Waals surface area contributed by atoms with Crippen LogP contribution in [0, 0.1) is 0 Å². The van der Waals surface area contributed by atoms with Gasteiger partial charge in [-0.2, -0.15) is 0 Å². The second kappa shape index (κ2) is 4.56. The van der Waals surface area contributed by atoms with E-state index in [0.717, 1.165) is 6.92 Å². The van der Waals surface area contributed by atoms with Crippen LogP contribution in [0.1, 0.15) is 26.3 Å². The largest absolute Gasteiger partial charge is 0.299 e. The van der Waals surface area contributed by atoms with Crippen LogP contribution in [0.4, 0.5) is 4.39 Å². The van der Waals surface area contributed by atoms with Crippen LogP contribution in [0.2, 0.25) is 0 Å². The van der Waals surface area contributed by atoms with Crippen LogP contribution in [0.15, 0.2) is 29.2 Å². The van der Waals surface area contributed by atoms with Gasteiger partial charge in [-0.1, -0.05) is 12.1 Å². The molecule has 3 nitrogen and oxygen atoms in total. The highest BCUT2D eigenvalue weighted by molar-refractivity contribution is 7.92. The summed E-state index contributed by atoms with van der Waals surface area (Å²) in [7, 11) is -3.36.